The van der Waals surface area contributed by atoms with Gasteiger partial charge in [-0.05, 0) is 30.2 Å². The van der Waals surface area contributed by atoms with E-state index in [4.69, 9.17) is 0 Å². The smallest absolute Gasteiger partial charge is 0.225 e. The van der Waals surface area contributed by atoms with Crippen LogP contribution in [0, 0.1) is 23.1 Å². The van der Waals surface area contributed by atoms with E-state index in [2.05, 4.69) is 25.6 Å². The molecule has 2 heterocycles. The Morgan fingerprint density at radius 3 is 2.69 bits per heavy atom. The van der Waals surface area contributed by atoms with Gasteiger partial charge in [0.15, 0.2) is 0 Å². The van der Waals surface area contributed by atoms with Crippen molar-refractivity contribution in [3.8, 4) is 17.3 Å². The summed E-state index contributed by atoms with van der Waals surface area (Å²) in [7, 11) is 0. The molecule has 1 aromatic carbocycles. The molecule has 7 nitrogen and oxygen atoms in total. The van der Waals surface area contributed by atoms with E-state index >= 15 is 0 Å². The number of halogens is 1. The number of nitrogens with zero attached hydrogens (tertiary/aromatic N) is 4. The molecule has 0 aliphatic rings. The molecule has 0 fully saturated rings. The molecular formula is C21H21FN6O. The van der Waals surface area contributed by atoms with Crippen LogP contribution in [-0.4, -0.2) is 32.7 Å². The molecule has 3 aromatic rings. The first-order valence-corrected chi connectivity index (χ1v) is 9.14. The average molecular weight is 392 g/mol. The van der Waals surface area contributed by atoms with Crippen molar-refractivity contribution in [2.75, 3.05) is 17.2 Å². The molecule has 29 heavy (non-hydrogen) atoms. The number of rotatable bonds is 7. The van der Waals surface area contributed by atoms with Crippen LogP contribution in [0.3, 0.4) is 0 Å². The van der Waals surface area contributed by atoms with Crippen LogP contribution in [0.1, 0.15) is 19.4 Å². The second-order valence-corrected chi connectivity index (χ2v) is 6.78. The molecule has 0 saturated heterocycles. The average Bonchev–Trinajstić information content (AvgIpc) is 2.72. The Balaban J connectivity index is 2.03. The van der Waals surface area contributed by atoms with Crippen LogP contribution in [-0.2, 0) is 0 Å². The summed E-state index contributed by atoms with van der Waals surface area (Å²) in [5.74, 6) is 0.216. The highest BCUT2D eigenvalue weighted by Crippen LogP contribution is 2.26. The monoisotopic (exact) mass is 392 g/mol. The number of aliphatic hydroxyl groups excluding tert-OH is 1. The molecule has 0 radical (unpaired) electrons. The number of aliphatic hydroxyl groups is 1. The van der Waals surface area contributed by atoms with Gasteiger partial charge in [0.05, 0.1) is 24.0 Å². The van der Waals surface area contributed by atoms with Gasteiger partial charge in [-0.2, -0.15) is 10.2 Å². The fourth-order valence-corrected chi connectivity index (χ4v) is 2.71. The van der Waals surface area contributed by atoms with Crippen LogP contribution in [0.5, 0.6) is 0 Å². The van der Waals surface area contributed by atoms with Gasteiger partial charge in [0.25, 0.3) is 0 Å². The van der Waals surface area contributed by atoms with Gasteiger partial charge in [0, 0.05) is 24.0 Å². The van der Waals surface area contributed by atoms with Gasteiger partial charge < -0.3 is 15.7 Å². The van der Waals surface area contributed by atoms with E-state index in [-0.39, 0.29) is 24.1 Å². The molecule has 0 amide bonds. The molecule has 1 atom stereocenters. The maximum Gasteiger partial charge on any atom is 0.225 e. The molecule has 0 bridgehead atoms. The zero-order valence-corrected chi connectivity index (χ0v) is 16.1. The van der Waals surface area contributed by atoms with Crippen LogP contribution in [0.4, 0.5) is 21.8 Å². The van der Waals surface area contributed by atoms with Crippen molar-refractivity contribution in [2.45, 2.75) is 19.9 Å². The highest BCUT2D eigenvalue weighted by Gasteiger charge is 2.16. The SMILES string of the molecule is CC(C)[C@@H](CO)Nc1nc(Nc2cccc(F)c2C#N)cc(-c2cccnc2)n1. The molecular weight excluding hydrogens is 371 g/mol. The second-order valence-electron chi connectivity index (χ2n) is 6.78. The number of hydrogen-bond acceptors (Lipinski definition) is 7. The highest BCUT2D eigenvalue weighted by atomic mass is 19.1. The van der Waals surface area contributed by atoms with E-state index in [0.29, 0.717) is 23.1 Å². The van der Waals surface area contributed by atoms with Crippen LogP contribution >= 0.6 is 0 Å². The number of hydrogen-bond donors (Lipinski definition) is 3. The molecule has 0 spiro atoms. The Hall–Kier alpha value is -3.57. The quantitative estimate of drug-likeness (QED) is 0.562. The molecule has 0 aliphatic heterocycles. The zero-order chi connectivity index (χ0) is 20.8. The normalized spacial score (nSPS) is 11.7. The van der Waals surface area contributed by atoms with E-state index < -0.39 is 5.82 Å². The van der Waals surface area contributed by atoms with Crippen LogP contribution in [0.2, 0.25) is 0 Å². The lowest BCUT2D eigenvalue weighted by Gasteiger charge is -2.20. The third-order valence-electron chi connectivity index (χ3n) is 4.39. The van der Waals surface area contributed by atoms with Crippen molar-refractivity contribution >= 4 is 17.5 Å². The van der Waals surface area contributed by atoms with Crippen LogP contribution in [0.25, 0.3) is 11.3 Å². The predicted molar refractivity (Wildman–Crippen MR) is 109 cm³/mol. The van der Waals surface area contributed by atoms with Gasteiger partial charge in [-0.15, -0.1) is 0 Å². The van der Waals surface area contributed by atoms with E-state index in [0.717, 1.165) is 5.56 Å². The summed E-state index contributed by atoms with van der Waals surface area (Å²) >= 11 is 0. The van der Waals surface area contributed by atoms with Crippen molar-refractivity contribution in [2.24, 2.45) is 5.92 Å². The van der Waals surface area contributed by atoms with Gasteiger partial charge in [-0.1, -0.05) is 19.9 Å². The number of nitrogens with one attached hydrogen (secondary N) is 2. The topological polar surface area (TPSA) is 107 Å². The van der Waals surface area contributed by atoms with E-state index in [1.807, 2.05) is 26.0 Å². The fourth-order valence-electron chi connectivity index (χ4n) is 2.71. The van der Waals surface area contributed by atoms with Crippen molar-refractivity contribution in [3.63, 3.8) is 0 Å². The summed E-state index contributed by atoms with van der Waals surface area (Å²) in [4.78, 5) is 13.1. The standard InChI is InChI=1S/C21H21FN6O/c1-13(2)19(12-29)27-21-26-18(14-5-4-8-24-11-14)9-20(28-21)25-17-7-3-6-16(22)15(17)10-23/h3-9,11,13,19,29H,12H2,1-2H3,(H2,25,26,27,28)/t19-/m1/s1. The summed E-state index contributed by atoms with van der Waals surface area (Å²) < 4.78 is 13.9. The van der Waals surface area contributed by atoms with Crippen molar-refractivity contribution in [3.05, 3.63) is 60.2 Å². The zero-order valence-electron chi connectivity index (χ0n) is 16.1. The minimum atomic E-state index is -0.613. The maximum absolute atomic E-state index is 13.9. The third kappa shape index (κ3) is 4.83. The Kier molecular flexibility index (Phi) is 6.32. The first-order valence-electron chi connectivity index (χ1n) is 9.14. The lowest BCUT2D eigenvalue weighted by Crippen LogP contribution is -2.30. The maximum atomic E-state index is 13.9. The first-order chi connectivity index (χ1) is 14.0. The summed E-state index contributed by atoms with van der Waals surface area (Å²) in [5.41, 5.74) is 1.56. The van der Waals surface area contributed by atoms with Crippen molar-refractivity contribution < 1.29 is 9.50 Å². The molecule has 0 aliphatic carbocycles. The second kappa shape index (κ2) is 9.08. The molecule has 3 N–H and O–H groups in total. The van der Waals surface area contributed by atoms with Gasteiger partial charge in [0.2, 0.25) is 5.95 Å². The summed E-state index contributed by atoms with van der Waals surface area (Å²) in [6.45, 7) is 3.87. The number of pyridine rings is 1. The number of aromatic nitrogens is 3. The highest BCUT2D eigenvalue weighted by molar-refractivity contribution is 5.69. The molecule has 0 unspecified atom stereocenters. The van der Waals surface area contributed by atoms with E-state index in [1.165, 1.54) is 12.1 Å². The Labute approximate surface area is 168 Å². The molecule has 148 valence electrons. The molecule has 3 rings (SSSR count). The number of nitriles is 1. The third-order valence-corrected chi connectivity index (χ3v) is 4.39. The van der Waals surface area contributed by atoms with E-state index in [1.54, 1.807) is 30.6 Å². The summed E-state index contributed by atoms with van der Waals surface area (Å²) in [5, 5.41) is 25.0. The van der Waals surface area contributed by atoms with Crippen LogP contribution < -0.4 is 10.6 Å². The summed E-state index contributed by atoms with van der Waals surface area (Å²) in [6, 6.07) is 11.3. The lowest BCUT2D eigenvalue weighted by molar-refractivity contribution is 0.248. The number of benzene rings is 1. The minimum absolute atomic E-state index is 0.0800. The fraction of sp³-hybridized carbons (Fsp3) is 0.238. The lowest BCUT2D eigenvalue weighted by atomic mass is 10.1. The van der Waals surface area contributed by atoms with Gasteiger partial charge >= 0.3 is 0 Å². The predicted octanol–water partition coefficient (Wildman–Crippen LogP) is 3.72. The first kappa shape index (κ1) is 20.2. The largest absolute Gasteiger partial charge is 0.394 e. The van der Waals surface area contributed by atoms with E-state index in [9.17, 15) is 14.8 Å². The molecule has 8 heteroatoms. The van der Waals surface area contributed by atoms with Gasteiger partial charge in [0.1, 0.15) is 23.3 Å². The van der Waals surface area contributed by atoms with Gasteiger partial charge in [-0.25, -0.2) is 9.37 Å². The molecule has 0 saturated carbocycles. The van der Waals surface area contributed by atoms with Gasteiger partial charge in [-0.3, -0.25) is 4.98 Å². The minimum Gasteiger partial charge on any atom is -0.394 e. The summed E-state index contributed by atoms with van der Waals surface area (Å²) in [6.07, 6.45) is 3.33. The van der Waals surface area contributed by atoms with Crippen molar-refractivity contribution in [1.29, 1.82) is 5.26 Å². The van der Waals surface area contributed by atoms with Crippen molar-refractivity contribution in [1.82, 2.24) is 15.0 Å². The Morgan fingerprint density at radius 2 is 2.03 bits per heavy atom. The Bertz CT molecular complexity index is 1020. The number of anilines is 3. The molecule has 2 aromatic heterocycles. The Morgan fingerprint density at radius 1 is 1.21 bits per heavy atom. The van der Waals surface area contributed by atoms with Crippen LogP contribution in [0.15, 0.2) is 48.8 Å².